The van der Waals surface area contributed by atoms with Gasteiger partial charge in [0.05, 0.1) is 4.90 Å². The maximum absolute atomic E-state index is 12.6. The Balaban J connectivity index is 2.62. The Labute approximate surface area is 108 Å². The van der Waals surface area contributed by atoms with Crippen LogP contribution in [0.4, 0.5) is 0 Å². The first-order valence-corrected chi connectivity index (χ1v) is 7.40. The summed E-state index contributed by atoms with van der Waals surface area (Å²) in [5, 5.41) is 0. The van der Waals surface area contributed by atoms with E-state index in [0.717, 1.165) is 16.8 Å². The highest BCUT2D eigenvalue weighted by Crippen LogP contribution is 2.21. The molecule has 0 fully saturated rings. The summed E-state index contributed by atoms with van der Waals surface area (Å²) < 4.78 is 26.5. The van der Waals surface area contributed by atoms with Gasteiger partial charge in [-0.15, -0.1) is 0 Å². The molecular weight excluding hydrogens is 246 g/mol. The van der Waals surface area contributed by atoms with E-state index in [2.05, 4.69) is 0 Å². The van der Waals surface area contributed by atoms with Gasteiger partial charge >= 0.3 is 0 Å². The van der Waals surface area contributed by atoms with Crippen molar-refractivity contribution in [1.82, 2.24) is 3.97 Å². The number of rotatable bonds is 3. The van der Waals surface area contributed by atoms with Crippen LogP contribution in [0.3, 0.4) is 0 Å². The summed E-state index contributed by atoms with van der Waals surface area (Å²) in [5.74, 6) is 0. The Morgan fingerprint density at radius 2 is 1.89 bits per heavy atom. The van der Waals surface area contributed by atoms with Gasteiger partial charge in [-0.1, -0.05) is 24.6 Å². The van der Waals surface area contributed by atoms with E-state index in [-0.39, 0.29) is 0 Å². The molecule has 18 heavy (non-hydrogen) atoms. The predicted octanol–water partition coefficient (Wildman–Crippen LogP) is 2.90. The van der Waals surface area contributed by atoms with Crippen LogP contribution in [-0.2, 0) is 16.4 Å². The third-order valence-corrected chi connectivity index (χ3v) is 4.91. The van der Waals surface area contributed by atoms with Gasteiger partial charge in [-0.3, -0.25) is 0 Å². The molecule has 0 saturated carbocycles. The van der Waals surface area contributed by atoms with Crippen molar-refractivity contribution >= 4 is 10.0 Å². The van der Waals surface area contributed by atoms with Crippen LogP contribution in [0.5, 0.6) is 0 Å². The molecule has 0 spiro atoms. The molecular formula is C14H17NO2S. The monoisotopic (exact) mass is 263 g/mol. The lowest BCUT2D eigenvalue weighted by Crippen LogP contribution is -2.15. The molecule has 2 rings (SSSR count). The van der Waals surface area contributed by atoms with Gasteiger partial charge in [0.2, 0.25) is 0 Å². The second kappa shape index (κ2) is 4.61. The lowest BCUT2D eigenvalue weighted by molar-refractivity contribution is 0.585. The third kappa shape index (κ3) is 2.08. The minimum Gasteiger partial charge on any atom is -0.246 e. The third-order valence-electron chi connectivity index (χ3n) is 3.02. The molecule has 1 aromatic carbocycles. The molecule has 0 amide bonds. The number of hydrogen-bond acceptors (Lipinski definition) is 2. The van der Waals surface area contributed by atoms with Gasteiger partial charge in [0, 0.05) is 11.9 Å². The van der Waals surface area contributed by atoms with Crippen molar-refractivity contribution < 1.29 is 8.42 Å². The van der Waals surface area contributed by atoms with Gasteiger partial charge in [-0.05, 0) is 44.0 Å². The van der Waals surface area contributed by atoms with Crippen LogP contribution in [-0.4, -0.2) is 12.4 Å². The van der Waals surface area contributed by atoms with Crippen molar-refractivity contribution in [2.24, 2.45) is 0 Å². The van der Waals surface area contributed by atoms with E-state index in [9.17, 15) is 8.42 Å². The Hall–Kier alpha value is -1.55. The van der Waals surface area contributed by atoms with E-state index >= 15 is 0 Å². The lowest BCUT2D eigenvalue weighted by Gasteiger charge is -2.12. The summed E-state index contributed by atoms with van der Waals surface area (Å²) >= 11 is 0. The van der Waals surface area contributed by atoms with Crippen LogP contribution in [0.15, 0.2) is 41.4 Å². The number of aromatic nitrogens is 1. The number of hydrogen-bond donors (Lipinski definition) is 0. The van der Waals surface area contributed by atoms with Crippen LogP contribution >= 0.6 is 0 Å². The lowest BCUT2D eigenvalue weighted by atomic mass is 10.2. The first kappa shape index (κ1) is 12.9. The fourth-order valence-electron chi connectivity index (χ4n) is 2.10. The van der Waals surface area contributed by atoms with Crippen LogP contribution < -0.4 is 0 Å². The second-order valence-electron chi connectivity index (χ2n) is 4.42. The molecule has 0 N–H and O–H groups in total. The standard InChI is InChI=1S/C14H17NO2S/c1-4-13-6-5-9-15(13)18(16,17)14-8-7-11(2)10-12(14)3/h5-10H,4H2,1-3H3. The topological polar surface area (TPSA) is 39.1 Å². The SMILES string of the molecule is CCc1cccn1S(=O)(=O)c1ccc(C)cc1C. The Kier molecular flexibility index (Phi) is 3.30. The van der Waals surface area contributed by atoms with Crippen molar-refractivity contribution in [3.63, 3.8) is 0 Å². The van der Waals surface area contributed by atoms with Crippen molar-refractivity contribution in [1.29, 1.82) is 0 Å². The second-order valence-corrected chi connectivity index (χ2v) is 6.21. The molecule has 0 radical (unpaired) electrons. The summed E-state index contributed by atoms with van der Waals surface area (Å²) in [6.07, 6.45) is 2.30. The Morgan fingerprint density at radius 3 is 2.50 bits per heavy atom. The van der Waals surface area contributed by atoms with Crippen molar-refractivity contribution in [3.8, 4) is 0 Å². The highest BCUT2D eigenvalue weighted by molar-refractivity contribution is 7.90. The average molecular weight is 263 g/mol. The maximum Gasteiger partial charge on any atom is 0.268 e. The largest absolute Gasteiger partial charge is 0.268 e. The fraction of sp³-hybridized carbons (Fsp3) is 0.286. The van der Waals surface area contributed by atoms with Gasteiger partial charge < -0.3 is 0 Å². The first-order chi connectivity index (χ1) is 8.46. The molecule has 0 aliphatic heterocycles. The van der Waals surface area contributed by atoms with Crippen molar-refractivity contribution in [2.75, 3.05) is 0 Å². The molecule has 1 aromatic heterocycles. The van der Waals surface area contributed by atoms with Gasteiger partial charge in [0.25, 0.3) is 10.0 Å². The fourth-order valence-corrected chi connectivity index (χ4v) is 3.75. The zero-order valence-corrected chi connectivity index (χ0v) is 11.7. The van der Waals surface area contributed by atoms with E-state index < -0.39 is 10.0 Å². The number of benzene rings is 1. The smallest absolute Gasteiger partial charge is 0.246 e. The Morgan fingerprint density at radius 1 is 1.17 bits per heavy atom. The predicted molar refractivity (Wildman–Crippen MR) is 72.3 cm³/mol. The van der Waals surface area contributed by atoms with Gasteiger partial charge in [0.15, 0.2) is 0 Å². The summed E-state index contributed by atoms with van der Waals surface area (Å²) in [5.41, 5.74) is 2.65. The molecule has 0 aliphatic carbocycles. The number of aryl methyl sites for hydroxylation is 3. The number of nitrogens with zero attached hydrogens (tertiary/aromatic N) is 1. The van der Waals surface area contributed by atoms with Crippen LogP contribution in [0.25, 0.3) is 0 Å². The van der Waals surface area contributed by atoms with E-state index in [1.807, 2.05) is 39.0 Å². The van der Waals surface area contributed by atoms with Crippen LogP contribution in [0.2, 0.25) is 0 Å². The van der Waals surface area contributed by atoms with Crippen molar-refractivity contribution in [2.45, 2.75) is 32.1 Å². The summed E-state index contributed by atoms with van der Waals surface area (Å²) in [7, 11) is -3.47. The van der Waals surface area contributed by atoms with Crippen LogP contribution in [0.1, 0.15) is 23.7 Å². The zero-order valence-electron chi connectivity index (χ0n) is 10.8. The first-order valence-electron chi connectivity index (χ1n) is 5.96. The van der Waals surface area contributed by atoms with E-state index in [0.29, 0.717) is 11.3 Å². The highest BCUT2D eigenvalue weighted by atomic mass is 32.2. The average Bonchev–Trinajstić information content (AvgIpc) is 2.76. The minimum atomic E-state index is -3.47. The quantitative estimate of drug-likeness (QED) is 0.854. The molecule has 0 aliphatic rings. The molecule has 0 unspecified atom stereocenters. The Bertz CT molecular complexity index is 669. The van der Waals surface area contributed by atoms with Gasteiger partial charge in [-0.2, -0.15) is 0 Å². The molecule has 96 valence electrons. The van der Waals surface area contributed by atoms with Gasteiger partial charge in [0.1, 0.15) is 0 Å². The maximum atomic E-state index is 12.6. The summed E-state index contributed by atoms with van der Waals surface area (Å²) in [6.45, 7) is 5.73. The zero-order chi connectivity index (χ0) is 13.3. The van der Waals surface area contributed by atoms with E-state index in [4.69, 9.17) is 0 Å². The normalized spacial score (nSPS) is 11.7. The molecule has 1 heterocycles. The van der Waals surface area contributed by atoms with Crippen molar-refractivity contribution in [3.05, 3.63) is 53.3 Å². The summed E-state index contributed by atoms with van der Waals surface area (Å²) in [6, 6.07) is 9.00. The minimum absolute atomic E-state index is 0.374. The molecule has 3 nitrogen and oxygen atoms in total. The molecule has 4 heteroatoms. The highest BCUT2D eigenvalue weighted by Gasteiger charge is 2.20. The summed E-state index contributed by atoms with van der Waals surface area (Å²) in [4.78, 5) is 0.374. The molecule has 0 saturated heterocycles. The molecule has 2 aromatic rings. The van der Waals surface area contributed by atoms with E-state index in [1.165, 1.54) is 3.97 Å². The van der Waals surface area contributed by atoms with Gasteiger partial charge in [-0.25, -0.2) is 12.4 Å². The molecule has 0 atom stereocenters. The molecule has 0 bridgehead atoms. The van der Waals surface area contributed by atoms with Crippen LogP contribution in [0, 0.1) is 13.8 Å². The van der Waals surface area contributed by atoms with E-state index in [1.54, 1.807) is 18.3 Å².